The monoisotopic (exact) mass is 280 g/mol. The van der Waals surface area contributed by atoms with Crippen molar-refractivity contribution in [2.24, 2.45) is 0 Å². The lowest BCUT2D eigenvalue weighted by molar-refractivity contribution is -0.140. The zero-order valence-electron chi connectivity index (χ0n) is 10.9. The quantitative estimate of drug-likeness (QED) is 0.614. The molecule has 0 radical (unpaired) electrons. The molecule has 0 bridgehead atoms. The van der Waals surface area contributed by atoms with E-state index >= 15 is 0 Å². The molecule has 4 nitrogen and oxygen atoms in total. The van der Waals surface area contributed by atoms with Crippen molar-refractivity contribution in [3.63, 3.8) is 0 Å². The van der Waals surface area contributed by atoms with Gasteiger partial charge < -0.3 is 10.1 Å². The molecule has 0 saturated heterocycles. The summed E-state index contributed by atoms with van der Waals surface area (Å²) in [5.41, 5.74) is 1.38. The van der Waals surface area contributed by atoms with Gasteiger partial charge in [-0.3, -0.25) is 4.79 Å². The van der Waals surface area contributed by atoms with Crippen molar-refractivity contribution >= 4 is 23.3 Å². The third kappa shape index (κ3) is 5.62. The van der Waals surface area contributed by atoms with E-state index in [-0.39, 0.29) is 5.97 Å². The number of halogens is 1. The maximum absolute atomic E-state index is 10.9. The minimum Gasteiger partial charge on any atom is -0.469 e. The van der Waals surface area contributed by atoms with Crippen LogP contribution in [0.15, 0.2) is 18.2 Å². The number of nitriles is 1. The van der Waals surface area contributed by atoms with Crippen molar-refractivity contribution < 1.29 is 9.53 Å². The van der Waals surface area contributed by atoms with E-state index in [0.29, 0.717) is 17.0 Å². The van der Waals surface area contributed by atoms with Gasteiger partial charge in [-0.15, -0.1) is 0 Å². The van der Waals surface area contributed by atoms with Crippen LogP contribution in [0.4, 0.5) is 5.69 Å². The summed E-state index contributed by atoms with van der Waals surface area (Å²) in [6.07, 6.45) is 3.20. The molecule has 0 atom stereocenters. The van der Waals surface area contributed by atoms with E-state index in [0.717, 1.165) is 31.5 Å². The number of benzene rings is 1. The Kier molecular flexibility index (Phi) is 6.76. The second-order valence-corrected chi connectivity index (χ2v) is 4.53. The first-order valence-corrected chi connectivity index (χ1v) is 6.55. The summed E-state index contributed by atoms with van der Waals surface area (Å²) >= 11 is 6.03. The van der Waals surface area contributed by atoms with Gasteiger partial charge in [-0.25, -0.2) is 0 Å². The number of nitrogens with one attached hydrogen (secondary N) is 1. The minimum atomic E-state index is -0.164. The summed E-state index contributed by atoms with van der Waals surface area (Å²) in [4.78, 5) is 10.9. The van der Waals surface area contributed by atoms with Crippen molar-refractivity contribution in [2.45, 2.75) is 25.7 Å². The highest BCUT2D eigenvalue weighted by molar-refractivity contribution is 6.33. The fourth-order valence-electron chi connectivity index (χ4n) is 1.62. The van der Waals surface area contributed by atoms with E-state index < -0.39 is 0 Å². The van der Waals surface area contributed by atoms with Crippen LogP contribution in [0.2, 0.25) is 5.02 Å². The van der Waals surface area contributed by atoms with E-state index in [1.807, 2.05) is 6.07 Å². The highest BCUT2D eigenvalue weighted by atomic mass is 35.5. The number of esters is 1. The van der Waals surface area contributed by atoms with Gasteiger partial charge in [0.25, 0.3) is 0 Å². The maximum atomic E-state index is 10.9. The fraction of sp³-hybridized carbons (Fsp3) is 0.429. The maximum Gasteiger partial charge on any atom is 0.305 e. The number of carbonyl (C=O) groups excluding carboxylic acids is 1. The van der Waals surface area contributed by atoms with Crippen LogP contribution in [0.25, 0.3) is 0 Å². The predicted molar refractivity (Wildman–Crippen MR) is 75.1 cm³/mol. The molecule has 0 unspecified atom stereocenters. The summed E-state index contributed by atoms with van der Waals surface area (Å²) in [5, 5.41) is 12.5. The Balaban J connectivity index is 2.23. The molecule has 0 spiro atoms. The first-order valence-electron chi connectivity index (χ1n) is 6.17. The third-order valence-electron chi connectivity index (χ3n) is 2.70. The van der Waals surface area contributed by atoms with Crippen molar-refractivity contribution in [3.05, 3.63) is 28.8 Å². The molecule has 0 amide bonds. The van der Waals surface area contributed by atoms with Gasteiger partial charge >= 0.3 is 5.97 Å². The second-order valence-electron chi connectivity index (χ2n) is 4.12. The normalized spacial score (nSPS) is 9.74. The Hall–Kier alpha value is -1.73. The lowest BCUT2D eigenvalue weighted by atomic mass is 10.2. The summed E-state index contributed by atoms with van der Waals surface area (Å²) < 4.78 is 4.57. The van der Waals surface area contributed by atoms with Gasteiger partial charge in [-0.1, -0.05) is 18.0 Å². The molecule has 0 aliphatic carbocycles. The number of ether oxygens (including phenoxy) is 1. The van der Waals surface area contributed by atoms with Gasteiger partial charge in [-0.2, -0.15) is 5.26 Å². The molecule has 1 aromatic carbocycles. The standard InChI is InChI=1S/C14H17ClN2O2/c1-19-14(18)5-3-2-4-8-17-13-7-6-11(10-16)9-12(13)15/h6-7,9,17H,2-5,8H2,1H3. The number of rotatable bonds is 7. The Morgan fingerprint density at radius 1 is 1.42 bits per heavy atom. The molecule has 1 aromatic rings. The Morgan fingerprint density at radius 2 is 2.21 bits per heavy atom. The van der Waals surface area contributed by atoms with E-state index in [9.17, 15) is 4.79 Å². The molecule has 0 aliphatic heterocycles. The van der Waals surface area contributed by atoms with E-state index in [1.54, 1.807) is 18.2 Å². The van der Waals surface area contributed by atoms with Crippen molar-refractivity contribution in [1.29, 1.82) is 5.26 Å². The topological polar surface area (TPSA) is 62.1 Å². The molecule has 0 saturated carbocycles. The summed E-state index contributed by atoms with van der Waals surface area (Å²) in [5.74, 6) is -0.164. The zero-order valence-corrected chi connectivity index (χ0v) is 11.7. The Labute approximate surface area is 118 Å². The number of carbonyl (C=O) groups is 1. The van der Waals surface area contributed by atoms with Crippen LogP contribution in [-0.2, 0) is 9.53 Å². The van der Waals surface area contributed by atoms with Crippen LogP contribution in [0.5, 0.6) is 0 Å². The Bertz CT molecular complexity index is 469. The first kappa shape index (κ1) is 15.3. The number of unbranched alkanes of at least 4 members (excludes halogenated alkanes) is 2. The van der Waals surface area contributed by atoms with Crippen LogP contribution < -0.4 is 5.32 Å². The molecule has 0 fully saturated rings. The van der Waals surface area contributed by atoms with Gasteiger partial charge in [0, 0.05) is 13.0 Å². The smallest absolute Gasteiger partial charge is 0.305 e. The lowest BCUT2D eigenvalue weighted by Crippen LogP contribution is -2.03. The summed E-state index contributed by atoms with van der Waals surface area (Å²) in [6.45, 7) is 0.785. The molecule has 5 heteroatoms. The number of nitrogens with zero attached hydrogens (tertiary/aromatic N) is 1. The first-order chi connectivity index (χ1) is 9.17. The largest absolute Gasteiger partial charge is 0.469 e. The van der Waals surface area contributed by atoms with Crippen molar-refractivity contribution in [2.75, 3.05) is 19.0 Å². The number of hydrogen-bond donors (Lipinski definition) is 1. The fourth-order valence-corrected chi connectivity index (χ4v) is 1.87. The molecule has 0 heterocycles. The van der Waals surface area contributed by atoms with Crippen LogP contribution in [-0.4, -0.2) is 19.6 Å². The molecule has 19 heavy (non-hydrogen) atoms. The SMILES string of the molecule is COC(=O)CCCCCNc1ccc(C#N)cc1Cl. The summed E-state index contributed by atoms with van der Waals surface area (Å²) in [7, 11) is 1.40. The van der Waals surface area contributed by atoms with Crippen LogP contribution in [0.1, 0.15) is 31.2 Å². The number of methoxy groups -OCH3 is 1. The average molecular weight is 281 g/mol. The molecule has 102 valence electrons. The van der Waals surface area contributed by atoms with Crippen molar-refractivity contribution in [3.8, 4) is 6.07 Å². The zero-order chi connectivity index (χ0) is 14.1. The predicted octanol–water partition coefficient (Wildman–Crippen LogP) is 3.36. The Morgan fingerprint density at radius 3 is 2.84 bits per heavy atom. The summed E-state index contributed by atoms with van der Waals surface area (Å²) in [6, 6.07) is 7.21. The highest BCUT2D eigenvalue weighted by Crippen LogP contribution is 2.22. The van der Waals surface area contributed by atoms with Gasteiger partial charge in [0.15, 0.2) is 0 Å². The van der Waals surface area contributed by atoms with E-state index in [2.05, 4.69) is 10.1 Å². The third-order valence-corrected chi connectivity index (χ3v) is 3.01. The molecule has 0 aliphatic rings. The minimum absolute atomic E-state index is 0.164. The van der Waals surface area contributed by atoms with E-state index in [1.165, 1.54) is 7.11 Å². The highest BCUT2D eigenvalue weighted by Gasteiger charge is 2.02. The molecule has 1 N–H and O–H groups in total. The molecule has 0 aromatic heterocycles. The number of hydrogen-bond acceptors (Lipinski definition) is 4. The van der Waals surface area contributed by atoms with Crippen LogP contribution in [0, 0.1) is 11.3 Å². The number of anilines is 1. The second kappa shape index (κ2) is 8.39. The van der Waals surface area contributed by atoms with E-state index in [4.69, 9.17) is 16.9 Å². The van der Waals surface area contributed by atoms with Crippen LogP contribution in [0.3, 0.4) is 0 Å². The molecular weight excluding hydrogens is 264 g/mol. The molecule has 1 rings (SSSR count). The van der Waals surface area contributed by atoms with Crippen LogP contribution >= 0.6 is 11.6 Å². The van der Waals surface area contributed by atoms with Crippen molar-refractivity contribution in [1.82, 2.24) is 0 Å². The van der Waals surface area contributed by atoms with Gasteiger partial charge in [0.2, 0.25) is 0 Å². The lowest BCUT2D eigenvalue weighted by Gasteiger charge is -2.08. The average Bonchev–Trinajstić information content (AvgIpc) is 2.43. The van der Waals surface area contributed by atoms with Gasteiger partial charge in [0.1, 0.15) is 0 Å². The molecular formula is C14H17ClN2O2. The van der Waals surface area contributed by atoms with Gasteiger partial charge in [-0.05, 0) is 31.0 Å². The van der Waals surface area contributed by atoms with Gasteiger partial charge in [0.05, 0.1) is 29.5 Å².